The number of hydrogen-bond donors (Lipinski definition) is 0. The Morgan fingerprint density at radius 3 is 2.26 bits per heavy atom. The molecule has 0 amide bonds. The third kappa shape index (κ3) is 3.45. The topological polar surface area (TPSA) is 34.1 Å². The second-order valence-corrected chi connectivity index (χ2v) is 8.16. The molecule has 0 bridgehead atoms. The lowest BCUT2D eigenvalue weighted by atomic mass is 9.74. The molecule has 1 aromatic rings. The van der Waals surface area contributed by atoms with E-state index < -0.39 is 9.84 Å². The van der Waals surface area contributed by atoms with Crippen LogP contribution < -0.4 is 0 Å². The average molecular weight is 321 g/mol. The summed E-state index contributed by atoms with van der Waals surface area (Å²) in [5.74, 6) is 1.34. The molecule has 1 heterocycles. The maximum Gasteiger partial charge on any atom is 0.150 e. The number of rotatable bonds is 5. The Hall–Kier alpha value is -0.250. The molecule has 0 aliphatic carbocycles. The zero-order valence-corrected chi connectivity index (χ0v) is 13.0. The van der Waals surface area contributed by atoms with Crippen molar-refractivity contribution in [3.8, 4) is 0 Å². The van der Waals surface area contributed by atoms with E-state index in [0.29, 0.717) is 18.2 Å². The Balaban J connectivity index is 2.23. The quantitative estimate of drug-likeness (QED) is 0.781. The molecule has 0 spiro atoms. The van der Waals surface area contributed by atoms with Gasteiger partial charge < -0.3 is 0 Å². The number of alkyl halides is 2. The molecule has 19 heavy (non-hydrogen) atoms. The first-order valence-electron chi connectivity index (χ1n) is 6.38. The van der Waals surface area contributed by atoms with E-state index >= 15 is 0 Å². The molecule has 0 aromatic heterocycles. The van der Waals surface area contributed by atoms with Gasteiger partial charge in [-0.15, -0.1) is 23.2 Å². The highest BCUT2D eigenvalue weighted by molar-refractivity contribution is 7.91. The molecule has 5 heteroatoms. The van der Waals surface area contributed by atoms with Crippen molar-refractivity contribution >= 4 is 33.0 Å². The Morgan fingerprint density at radius 1 is 1.16 bits per heavy atom. The van der Waals surface area contributed by atoms with E-state index in [-0.39, 0.29) is 22.8 Å². The number of sulfone groups is 1. The van der Waals surface area contributed by atoms with Crippen molar-refractivity contribution in [3.63, 3.8) is 0 Å². The van der Waals surface area contributed by atoms with E-state index in [4.69, 9.17) is 23.2 Å². The van der Waals surface area contributed by atoms with Crippen molar-refractivity contribution in [2.75, 3.05) is 23.3 Å². The SMILES string of the molecule is O=S1(=O)CCC(C(CCl)(CCl)Cc2ccccc2)C1. The van der Waals surface area contributed by atoms with Gasteiger partial charge in [-0.3, -0.25) is 0 Å². The van der Waals surface area contributed by atoms with Crippen LogP contribution in [-0.2, 0) is 16.3 Å². The summed E-state index contributed by atoms with van der Waals surface area (Å²) in [6.07, 6.45) is 1.41. The number of benzene rings is 1. The lowest BCUT2D eigenvalue weighted by Gasteiger charge is -2.35. The van der Waals surface area contributed by atoms with E-state index in [0.717, 1.165) is 12.0 Å². The molecule has 106 valence electrons. The first-order chi connectivity index (χ1) is 9.01. The molecule has 2 rings (SSSR count). The summed E-state index contributed by atoms with van der Waals surface area (Å²) in [4.78, 5) is 0. The molecular formula is C14H18Cl2O2S. The summed E-state index contributed by atoms with van der Waals surface area (Å²) in [5, 5.41) is 0. The average Bonchev–Trinajstić information content (AvgIpc) is 2.78. The van der Waals surface area contributed by atoms with Gasteiger partial charge in [0, 0.05) is 17.2 Å². The zero-order valence-electron chi connectivity index (χ0n) is 10.7. The van der Waals surface area contributed by atoms with Gasteiger partial charge >= 0.3 is 0 Å². The maximum atomic E-state index is 11.7. The van der Waals surface area contributed by atoms with Crippen molar-refractivity contribution in [2.45, 2.75) is 12.8 Å². The highest BCUT2D eigenvalue weighted by Gasteiger charge is 2.43. The lowest BCUT2D eigenvalue weighted by molar-refractivity contribution is 0.244. The van der Waals surface area contributed by atoms with Gasteiger partial charge in [-0.1, -0.05) is 30.3 Å². The largest absolute Gasteiger partial charge is 0.229 e. The van der Waals surface area contributed by atoms with Gasteiger partial charge in [0.05, 0.1) is 11.5 Å². The van der Waals surface area contributed by atoms with Gasteiger partial charge in [-0.2, -0.15) is 0 Å². The normalized spacial score (nSPS) is 22.5. The van der Waals surface area contributed by atoms with Gasteiger partial charge in [-0.25, -0.2) is 8.42 Å². The Kier molecular flexibility index (Phi) is 4.80. The Morgan fingerprint density at radius 2 is 1.79 bits per heavy atom. The maximum absolute atomic E-state index is 11.7. The first kappa shape index (κ1) is 15.1. The predicted octanol–water partition coefficient (Wildman–Crippen LogP) is 3.13. The van der Waals surface area contributed by atoms with Crippen LogP contribution in [0.4, 0.5) is 0 Å². The molecule has 1 aliphatic heterocycles. The second-order valence-electron chi connectivity index (χ2n) is 5.39. The molecular weight excluding hydrogens is 303 g/mol. The fourth-order valence-corrected chi connectivity index (χ4v) is 5.63. The van der Waals surface area contributed by atoms with Crippen LogP contribution in [-0.4, -0.2) is 31.7 Å². The van der Waals surface area contributed by atoms with Crippen LogP contribution in [0.2, 0.25) is 0 Å². The van der Waals surface area contributed by atoms with Crippen LogP contribution in [0.15, 0.2) is 30.3 Å². The summed E-state index contributed by atoms with van der Waals surface area (Å²) in [6.45, 7) is 0. The smallest absolute Gasteiger partial charge is 0.150 e. The first-order valence-corrected chi connectivity index (χ1v) is 9.27. The highest BCUT2D eigenvalue weighted by Crippen LogP contribution is 2.41. The molecule has 1 unspecified atom stereocenters. The molecule has 1 saturated heterocycles. The fraction of sp³-hybridized carbons (Fsp3) is 0.571. The molecule has 1 aliphatic rings. The third-order valence-electron chi connectivity index (χ3n) is 4.03. The van der Waals surface area contributed by atoms with Crippen LogP contribution >= 0.6 is 23.2 Å². The van der Waals surface area contributed by atoms with Gasteiger partial charge in [0.25, 0.3) is 0 Å². The van der Waals surface area contributed by atoms with Gasteiger partial charge in [0.15, 0.2) is 9.84 Å². The van der Waals surface area contributed by atoms with Gasteiger partial charge in [-0.05, 0) is 24.3 Å². The Labute approximate surface area is 125 Å². The predicted molar refractivity (Wildman–Crippen MR) is 80.8 cm³/mol. The third-order valence-corrected chi connectivity index (χ3v) is 6.86. The van der Waals surface area contributed by atoms with Crippen LogP contribution in [0.25, 0.3) is 0 Å². The van der Waals surface area contributed by atoms with Crippen LogP contribution in [0.3, 0.4) is 0 Å². The van der Waals surface area contributed by atoms with Crippen LogP contribution in [0.1, 0.15) is 12.0 Å². The van der Waals surface area contributed by atoms with Gasteiger partial charge in [0.1, 0.15) is 0 Å². The van der Waals surface area contributed by atoms with E-state index in [1.165, 1.54) is 0 Å². The fourth-order valence-electron chi connectivity index (χ4n) is 2.77. The number of hydrogen-bond acceptors (Lipinski definition) is 2. The summed E-state index contributed by atoms with van der Waals surface area (Å²) in [7, 11) is -2.91. The van der Waals surface area contributed by atoms with E-state index in [1.54, 1.807) is 0 Å². The summed E-state index contributed by atoms with van der Waals surface area (Å²) >= 11 is 12.3. The number of halogens is 2. The molecule has 1 fully saturated rings. The minimum atomic E-state index is -2.91. The monoisotopic (exact) mass is 320 g/mol. The van der Waals surface area contributed by atoms with Crippen LogP contribution in [0, 0.1) is 11.3 Å². The summed E-state index contributed by atoms with van der Waals surface area (Å²) in [5.41, 5.74) is 0.835. The molecule has 0 N–H and O–H groups in total. The van der Waals surface area contributed by atoms with Crippen molar-refractivity contribution in [2.24, 2.45) is 11.3 Å². The second kappa shape index (κ2) is 6.02. The molecule has 0 saturated carbocycles. The summed E-state index contributed by atoms with van der Waals surface area (Å²) < 4.78 is 23.4. The van der Waals surface area contributed by atoms with E-state index in [9.17, 15) is 8.42 Å². The molecule has 2 nitrogen and oxygen atoms in total. The molecule has 1 aromatic carbocycles. The van der Waals surface area contributed by atoms with Gasteiger partial charge in [0.2, 0.25) is 0 Å². The van der Waals surface area contributed by atoms with Crippen molar-refractivity contribution in [1.82, 2.24) is 0 Å². The Bertz CT molecular complexity index is 510. The van der Waals surface area contributed by atoms with E-state index in [2.05, 4.69) is 0 Å². The summed E-state index contributed by atoms with van der Waals surface area (Å²) in [6, 6.07) is 10.0. The van der Waals surface area contributed by atoms with Crippen LogP contribution in [0.5, 0.6) is 0 Å². The van der Waals surface area contributed by atoms with Crippen molar-refractivity contribution in [3.05, 3.63) is 35.9 Å². The highest BCUT2D eigenvalue weighted by atomic mass is 35.5. The molecule has 0 radical (unpaired) electrons. The lowest BCUT2D eigenvalue weighted by Crippen LogP contribution is -2.37. The van der Waals surface area contributed by atoms with E-state index in [1.807, 2.05) is 30.3 Å². The van der Waals surface area contributed by atoms with Crippen molar-refractivity contribution in [1.29, 1.82) is 0 Å². The molecule has 1 atom stereocenters. The minimum Gasteiger partial charge on any atom is -0.229 e. The minimum absolute atomic E-state index is 0.0627. The zero-order chi connectivity index (χ0) is 13.9. The standard InChI is InChI=1S/C14H18Cl2O2S/c15-10-14(11-16,8-12-4-2-1-3-5-12)13-6-7-19(17,18)9-13/h1-5,13H,6-11H2. The van der Waals surface area contributed by atoms with Crippen molar-refractivity contribution < 1.29 is 8.42 Å².